The monoisotopic (exact) mass is 467 g/mol. The smallest absolute Gasteiger partial charge is 0.223 e. The number of halogens is 1. The highest BCUT2D eigenvalue weighted by Crippen LogP contribution is 2.10. The van der Waals surface area contributed by atoms with Gasteiger partial charge in [-0.2, -0.15) is 10.1 Å². The Morgan fingerprint density at radius 1 is 1.15 bits per heavy atom. The van der Waals surface area contributed by atoms with E-state index in [1.807, 2.05) is 29.1 Å². The van der Waals surface area contributed by atoms with Crippen LogP contribution in [0.5, 0.6) is 0 Å². The summed E-state index contributed by atoms with van der Waals surface area (Å²) >= 11 is 0. The van der Waals surface area contributed by atoms with Crippen molar-refractivity contribution in [3.63, 3.8) is 0 Å². The molecule has 138 valence electrons. The van der Waals surface area contributed by atoms with Gasteiger partial charge in [-0.15, -0.1) is 24.0 Å². The Balaban J connectivity index is 0.00000243. The lowest BCUT2D eigenvalue weighted by atomic mass is 10.1. The second-order valence-corrected chi connectivity index (χ2v) is 5.48. The molecule has 0 amide bonds. The summed E-state index contributed by atoms with van der Waals surface area (Å²) < 4.78 is 6.86. The van der Waals surface area contributed by atoms with Crippen molar-refractivity contribution in [3.8, 4) is 0 Å². The van der Waals surface area contributed by atoms with Crippen molar-refractivity contribution in [1.82, 2.24) is 30.6 Å². The third-order valence-corrected chi connectivity index (χ3v) is 3.66. The average molecular weight is 467 g/mol. The minimum Gasteiger partial charge on any atom is -0.352 e. The molecule has 0 atom stereocenters. The molecule has 0 saturated carbocycles. The van der Waals surface area contributed by atoms with Crippen LogP contribution in [0.1, 0.15) is 22.8 Å². The van der Waals surface area contributed by atoms with Gasteiger partial charge in [0, 0.05) is 32.9 Å². The van der Waals surface area contributed by atoms with E-state index in [0.717, 1.165) is 6.54 Å². The van der Waals surface area contributed by atoms with E-state index in [0.29, 0.717) is 30.8 Å². The Kier molecular flexibility index (Phi) is 7.57. The lowest BCUT2D eigenvalue weighted by Gasteiger charge is -2.13. The topological polar surface area (TPSA) is 93.2 Å². The summed E-state index contributed by atoms with van der Waals surface area (Å²) in [5, 5.41) is 14.6. The minimum atomic E-state index is 0. The van der Waals surface area contributed by atoms with Gasteiger partial charge >= 0.3 is 0 Å². The fraction of sp³-hybridized carbons (Fsp3) is 0.294. The van der Waals surface area contributed by atoms with Crippen molar-refractivity contribution in [1.29, 1.82) is 0 Å². The zero-order valence-electron chi connectivity index (χ0n) is 14.7. The van der Waals surface area contributed by atoms with E-state index in [4.69, 9.17) is 4.52 Å². The first-order valence-electron chi connectivity index (χ1n) is 8.02. The Bertz CT molecular complexity index is 829. The second kappa shape index (κ2) is 9.90. The number of benzene rings is 1. The van der Waals surface area contributed by atoms with E-state index in [9.17, 15) is 0 Å². The molecule has 2 heterocycles. The van der Waals surface area contributed by atoms with Gasteiger partial charge in [-0.1, -0.05) is 29.4 Å². The third kappa shape index (κ3) is 5.55. The molecule has 0 bridgehead atoms. The van der Waals surface area contributed by atoms with Crippen LogP contribution in [-0.4, -0.2) is 32.9 Å². The van der Waals surface area contributed by atoms with E-state index >= 15 is 0 Å². The summed E-state index contributed by atoms with van der Waals surface area (Å²) in [4.78, 5) is 8.38. The molecule has 9 heteroatoms. The highest BCUT2D eigenvalue weighted by molar-refractivity contribution is 14.0. The van der Waals surface area contributed by atoms with Gasteiger partial charge in [0.2, 0.25) is 5.89 Å². The quantitative estimate of drug-likeness (QED) is 0.328. The van der Waals surface area contributed by atoms with Crippen LogP contribution in [0.2, 0.25) is 0 Å². The Morgan fingerprint density at radius 3 is 2.58 bits per heavy atom. The predicted molar refractivity (Wildman–Crippen MR) is 109 cm³/mol. The molecule has 3 aromatic rings. The summed E-state index contributed by atoms with van der Waals surface area (Å²) in [5.74, 6) is 1.82. The molecule has 0 saturated heterocycles. The molecular weight excluding hydrogens is 445 g/mol. The van der Waals surface area contributed by atoms with Crippen LogP contribution in [0.4, 0.5) is 0 Å². The van der Waals surface area contributed by atoms with Crippen molar-refractivity contribution in [2.45, 2.75) is 26.6 Å². The number of nitrogens with zero attached hydrogens (tertiary/aromatic N) is 5. The highest BCUT2D eigenvalue weighted by atomic mass is 127. The van der Waals surface area contributed by atoms with Crippen LogP contribution >= 0.6 is 24.0 Å². The van der Waals surface area contributed by atoms with Gasteiger partial charge in [0.25, 0.3) is 0 Å². The SMILES string of the molecule is CN=C(NCc1noc(C)n1)NCc1ccccc1Cn1cccn1.I. The molecule has 1 aromatic carbocycles. The molecule has 2 N–H and O–H groups in total. The maximum atomic E-state index is 4.96. The molecule has 26 heavy (non-hydrogen) atoms. The molecule has 0 fully saturated rings. The highest BCUT2D eigenvalue weighted by Gasteiger charge is 2.06. The van der Waals surface area contributed by atoms with Crippen molar-refractivity contribution in [3.05, 3.63) is 65.6 Å². The summed E-state index contributed by atoms with van der Waals surface area (Å²) in [6, 6.07) is 10.2. The molecule has 0 radical (unpaired) electrons. The van der Waals surface area contributed by atoms with Crippen LogP contribution < -0.4 is 10.6 Å². The number of hydrogen-bond donors (Lipinski definition) is 2. The predicted octanol–water partition coefficient (Wildman–Crippen LogP) is 2.11. The first-order valence-corrected chi connectivity index (χ1v) is 8.02. The minimum absolute atomic E-state index is 0. The Morgan fingerprint density at radius 2 is 1.92 bits per heavy atom. The van der Waals surface area contributed by atoms with Gasteiger partial charge < -0.3 is 15.2 Å². The molecule has 0 spiro atoms. The fourth-order valence-electron chi connectivity index (χ4n) is 2.43. The maximum absolute atomic E-state index is 4.96. The number of nitrogens with one attached hydrogen (secondary N) is 2. The summed E-state index contributed by atoms with van der Waals surface area (Å²) in [7, 11) is 1.73. The van der Waals surface area contributed by atoms with Gasteiger partial charge in [-0.3, -0.25) is 9.67 Å². The third-order valence-electron chi connectivity index (χ3n) is 3.66. The van der Waals surface area contributed by atoms with Crippen LogP contribution in [0, 0.1) is 6.92 Å². The molecular formula is C17H22IN7O. The average Bonchev–Trinajstić information content (AvgIpc) is 3.28. The molecule has 8 nitrogen and oxygen atoms in total. The normalized spacial score (nSPS) is 11.1. The van der Waals surface area contributed by atoms with E-state index in [-0.39, 0.29) is 24.0 Å². The lowest BCUT2D eigenvalue weighted by Crippen LogP contribution is -2.36. The standard InChI is InChI=1S/C17H21N7O.HI/c1-13-22-16(23-25-13)11-20-17(18-2)19-10-14-6-3-4-7-15(14)12-24-9-5-8-21-24;/h3-9H,10-12H2,1-2H3,(H2,18,19,20);1H. The first-order chi connectivity index (χ1) is 12.2. The molecule has 2 aromatic heterocycles. The first kappa shape index (κ1) is 19.9. The van der Waals surface area contributed by atoms with Crippen LogP contribution in [-0.2, 0) is 19.6 Å². The maximum Gasteiger partial charge on any atom is 0.223 e. The van der Waals surface area contributed by atoms with Crippen molar-refractivity contribution in [2.24, 2.45) is 4.99 Å². The van der Waals surface area contributed by atoms with E-state index in [1.54, 1.807) is 20.2 Å². The summed E-state index contributed by atoms with van der Waals surface area (Å²) in [5.41, 5.74) is 2.40. The number of aromatic nitrogens is 4. The largest absolute Gasteiger partial charge is 0.352 e. The van der Waals surface area contributed by atoms with Crippen molar-refractivity contribution < 1.29 is 4.52 Å². The van der Waals surface area contributed by atoms with E-state index in [2.05, 4.69) is 43.0 Å². The zero-order valence-corrected chi connectivity index (χ0v) is 17.0. The van der Waals surface area contributed by atoms with E-state index < -0.39 is 0 Å². The number of hydrogen-bond acceptors (Lipinski definition) is 5. The number of aliphatic imine (C=N–C) groups is 1. The molecule has 0 aliphatic heterocycles. The van der Waals surface area contributed by atoms with Crippen molar-refractivity contribution >= 4 is 29.9 Å². The van der Waals surface area contributed by atoms with Crippen LogP contribution in [0.15, 0.2) is 52.2 Å². The number of rotatable bonds is 6. The van der Waals surface area contributed by atoms with Crippen LogP contribution in [0.3, 0.4) is 0 Å². The van der Waals surface area contributed by atoms with Crippen LogP contribution in [0.25, 0.3) is 0 Å². The molecule has 0 aliphatic carbocycles. The molecule has 0 unspecified atom stereocenters. The van der Waals surface area contributed by atoms with Gasteiger partial charge in [0.15, 0.2) is 11.8 Å². The van der Waals surface area contributed by atoms with Crippen molar-refractivity contribution in [2.75, 3.05) is 7.05 Å². The van der Waals surface area contributed by atoms with Gasteiger partial charge in [-0.25, -0.2) is 0 Å². The Labute approximate surface area is 169 Å². The lowest BCUT2D eigenvalue weighted by molar-refractivity contribution is 0.387. The Hall–Kier alpha value is -2.43. The zero-order chi connectivity index (χ0) is 17.5. The second-order valence-electron chi connectivity index (χ2n) is 5.48. The molecule has 0 aliphatic rings. The molecule has 3 rings (SSSR count). The summed E-state index contributed by atoms with van der Waals surface area (Å²) in [6.45, 7) is 3.60. The number of guanidine groups is 1. The van der Waals surface area contributed by atoms with E-state index in [1.165, 1.54) is 11.1 Å². The van der Waals surface area contributed by atoms with Gasteiger partial charge in [0.1, 0.15) is 0 Å². The summed E-state index contributed by atoms with van der Waals surface area (Å²) in [6.07, 6.45) is 3.74. The number of aryl methyl sites for hydroxylation is 1. The van der Waals surface area contributed by atoms with Gasteiger partial charge in [-0.05, 0) is 17.2 Å². The van der Waals surface area contributed by atoms with Gasteiger partial charge in [0.05, 0.1) is 13.1 Å². The fourth-order valence-corrected chi connectivity index (χ4v) is 2.43.